The van der Waals surface area contributed by atoms with Crippen LogP contribution in [0.3, 0.4) is 0 Å². The maximum absolute atomic E-state index is 12.6. The monoisotopic (exact) mass is 321 g/mol. The molecule has 22 heavy (non-hydrogen) atoms. The van der Waals surface area contributed by atoms with Crippen LogP contribution in [0, 0.1) is 5.92 Å². The summed E-state index contributed by atoms with van der Waals surface area (Å²) in [7, 11) is 2.06. The van der Waals surface area contributed by atoms with Crippen LogP contribution in [0.1, 0.15) is 6.42 Å². The van der Waals surface area contributed by atoms with Crippen molar-refractivity contribution in [3.05, 3.63) is 29.3 Å². The van der Waals surface area contributed by atoms with Crippen molar-refractivity contribution in [1.29, 1.82) is 0 Å². The number of nitrogens with zero attached hydrogens (tertiary/aromatic N) is 3. The van der Waals surface area contributed by atoms with E-state index in [0.29, 0.717) is 18.0 Å². The van der Waals surface area contributed by atoms with E-state index < -0.39 is 0 Å². The van der Waals surface area contributed by atoms with Crippen molar-refractivity contribution in [2.75, 3.05) is 44.7 Å². The number of carbonyl (C=O) groups is 2. The Morgan fingerprint density at radius 1 is 1.14 bits per heavy atom. The van der Waals surface area contributed by atoms with Crippen LogP contribution in [0.5, 0.6) is 0 Å². The van der Waals surface area contributed by atoms with Gasteiger partial charge in [0.2, 0.25) is 11.8 Å². The second-order valence-corrected chi connectivity index (χ2v) is 6.45. The Labute approximate surface area is 135 Å². The Morgan fingerprint density at radius 3 is 2.41 bits per heavy atom. The van der Waals surface area contributed by atoms with E-state index in [2.05, 4.69) is 11.9 Å². The molecule has 3 rings (SSSR count). The van der Waals surface area contributed by atoms with Gasteiger partial charge in [0.05, 0.1) is 5.92 Å². The van der Waals surface area contributed by atoms with Gasteiger partial charge in [0.25, 0.3) is 0 Å². The van der Waals surface area contributed by atoms with E-state index in [-0.39, 0.29) is 17.7 Å². The Bertz CT molecular complexity index is 567. The summed E-state index contributed by atoms with van der Waals surface area (Å²) >= 11 is 5.88. The highest BCUT2D eigenvalue weighted by Gasteiger charge is 2.37. The number of benzene rings is 1. The highest BCUT2D eigenvalue weighted by Crippen LogP contribution is 2.27. The third-order valence-electron chi connectivity index (χ3n) is 4.43. The molecular formula is C16H20ClN3O2. The molecule has 0 saturated carbocycles. The van der Waals surface area contributed by atoms with Gasteiger partial charge in [-0.1, -0.05) is 11.6 Å². The fourth-order valence-electron chi connectivity index (χ4n) is 3.03. The van der Waals surface area contributed by atoms with Crippen LogP contribution in [0.15, 0.2) is 24.3 Å². The van der Waals surface area contributed by atoms with Crippen LogP contribution in [-0.2, 0) is 9.59 Å². The molecule has 118 valence electrons. The van der Waals surface area contributed by atoms with Crippen LogP contribution in [-0.4, -0.2) is 61.4 Å². The van der Waals surface area contributed by atoms with Crippen molar-refractivity contribution >= 4 is 29.1 Å². The maximum atomic E-state index is 12.6. The zero-order valence-corrected chi connectivity index (χ0v) is 13.4. The second-order valence-electron chi connectivity index (χ2n) is 6.01. The first-order chi connectivity index (χ1) is 10.5. The molecule has 2 saturated heterocycles. The minimum absolute atomic E-state index is 0.00907. The van der Waals surface area contributed by atoms with Gasteiger partial charge in [0.1, 0.15) is 0 Å². The van der Waals surface area contributed by atoms with Crippen LogP contribution in [0.2, 0.25) is 5.02 Å². The summed E-state index contributed by atoms with van der Waals surface area (Å²) in [6.07, 6.45) is 0.299. The molecule has 2 aliphatic heterocycles. The van der Waals surface area contributed by atoms with Crippen molar-refractivity contribution < 1.29 is 9.59 Å². The molecule has 2 amide bonds. The van der Waals surface area contributed by atoms with Gasteiger partial charge in [-0.3, -0.25) is 9.59 Å². The number of likely N-dealkylation sites (N-methyl/N-ethyl adjacent to an activating group) is 1. The lowest BCUT2D eigenvalue weighted by atomic mass is 10.1. The molecule has 5 nitrogen and oxygen atoms in total. The largest absolute Gasteiger partial charge is 0.340 e. The van der Waals surface area contributed by atoms with Gasteiger partial charge in [0, 0.05) is 49.9 Å². The molecule has 6 heteroatoms. The van der Waals surface area contributed by atoms with Gasteiger partial charge in [-0.25, -0.2) is 0 Å². The molecular weight excluding hydrogens is 302 g/mol. The molecule has 0 bridgehead atoms. The Hall–Kier alpha value is -1.59. The molecule has 0 N–H and O–H groups in total. The molecule has 0 spiro atoms. The number of halogens is 1. The average Bonchev–Trinajstić information content (AvgIpc) is 2.90. The summed E-state index contributed by atoms with van der Waals surface area (Å²) in [5, 5.41) is 0.639. The normalized spacial score (nSPS) is 23.2. The highest BCUT2D eigenvalue weighted by molar-refractivity contribution is 6.30. The molecule has 2 fully saturated rings. The minimum atomic E-state index is -0.230. The van der Waals surface area contributed by atoms with Crippen molar-refractivity contribution in [2.24, 2.45) is 5.92 Å². The van der Waals surface area contributed by atoms with Gasteiger partial charge in [-0.15, -0.1) is 0 Å². The highest BCUT2D eigenvalue weighted by atomic mass is 35.5. The number of hydrogen-bond donors (Lipinski definition) is 0. The predicted octanol–water partition coefficient (Wildman–Crippen LogP) is 1.47. The fraction of sp³-hybridized carbons (Fsp3) is 0.500. The first-order valence-corrected chi connectivity index (χ1v) is 7.95. The SMILES string of the molecule is CN1CCN(C(=O)[C@H]2CC(=O)N(c3ccc(Cl)cc3)C2)CC1. The topological polar surface area (TPSA) is 43.9 Å². The number of carbonyl (C=O) groups excluding carboxylic acids is 2. The van der Waals surface area contributed by atoms with E-state index in [1.807, 2.05) is 17.0 Å². The molecule has 0 aliphatic carbocycles. The van der Waals surface area contributed by atoms with Crippen LogP contribution in [0.25, 0.3) is 0 Å². The summed E-state index contributed by atoms with van der Waals surface area (Å²) in [4.78, 5) is 30.6. The lowest BCUT2D eigenvalue weighted by molar-refractivity contribution is -0.137. The van der Waals surface area contributed by atoms with Gasteiger partial charge in [-0.2, -0.15) is 0 Å². The van der Waals surface area contributed by atoms with E-state index in [9.17, 15) is 9.59 Å². The lowest BCUT2D eigenvalue weighted by Crippen LogP contribution is -2.49. The van der Waals surface area contributed by atoms with Gasteiger partial charge in [0.15, 0.2) is 0 Å². The molecule has 0 unspecified atom stereocenters. The molecule has 1 aromatic rings. The standard InChI is InChI=1S/C16H20ClN3O2/c1-18-6-8-19(9-7-18)16(22)12-10-15(21)20(11-12)14-4-2-13(17)3-5-14/h2-5,12H,6-11H2,1H3/t12-/m0/s1. The summed E-state index contributed by atoms with van der Waals surface area (Å²) < 4.78 is 0. The third kappa shape index (κ3) is 3.10. The predicted molar refractivity (Wildman–Crippen MR) is 86.0 cm³/mol. The molecule has 1 atom stereocenters. The fourth-order valence-corrected chi connectivity index (χ4v) is 3.15. The molecule has 2 aliphatic rings. The molecule has 0 aromatic heterocycles. The summed E-state index contributed by atoms with van der Waals surface area (Å²) in [5.74, 6) is -0.112. The first kappa shape index (κ1) is 15.3. The van der Waals surface area contributed by atoms with E-state index in [0.717, 1.165) is 31.9 Å². The third-order valence-corrected chi connectivity index (χ3v) is 4.68. The van der Waals surface area contributed by atoms with Gasteiger partial charge < -0.3 is 14.7 Å². The maximum Gasteiger partial charge on any atom is 0.228 e. The van der Waals surface area contributed by atoms with E-state index in [4.69, 9.17) is 11.6 Å². The average molecular weight is 322 g/mol. The Morgan fingerprint density at radius 2 is 1.77 bits per heavy atom. The Balaban J connectivity index is 1.66. The first-order valence-electron chi connectivity index (χ1n) is 7.58. The lowest BCUT2D eigenvalue weighted by Gasteiger charge is -2.33. The number of rotatable bonds is 2. The van der Waals surface area contributed by atoms with E-state index in [1.165, 1.54) is 0 Å². The van der Waals surface area contributed by atoms with Crippen LogP contribution in [0.4, 0.5) is 5.69 Å². The summed E-state index contributed by atoms with van der Waals surface area (Å²) in [6, 6.07) is 7.17. The van der Waals surface area contributed by atoms with Crippen molar-refractivity contribution in [3.63, 3.8) is 0 Å². The van der Waals surface area contributed by atoms with Crippen molar-refractivity contribution in [2.45, 2.75) is 6.42 Å². The van der Waals surface area contributed by atoms with E-state index >= 15 is 0 Å². The Kier molecular flexibility index (Phi) is 4.36. The number of anilines is 1. The van der Waals surface area contributed by atoms with Gasteiger partial charge in [-0.05, 0) is 31.3 Å². The number of piperazine rings is 1. The van der Waals surface area contributed by atoms with Crippen molar-refractivity contribution in [3.8, 4) is 0 Å². The smallest absolute Gasteiger partial charge is 0.228 e. The minimum Gasteiger partial charge on any atom is -0.340 e. The van der Waals surface area contributed by atoms with Crippen molar-refractivity contribution in [1.82, 2.24) is 9.80 Å². The summed E-state index contributed by atoms with van der Waals surface area (Å²) in [6.45, 7) is 3.76. The number of amides is 2. The molecule has 2 heterocycles. The van der Waals surface area contributed by atoms with Crippen LogP contribution >= 0.6 is 11.6 Å². The second kappa shape index (κ2) is 6.26. The molecule has 1 aromatic carbocycles. The van der Waals surface area contributed by atoms with Crippen LogP contribution < -0.4 is 4.90 Å². The zero-order chi connectivity index (χ0) is 15.7. The van der Waals surface area contributed by atoms with Gasteiger partial charge >= 0.3 is 0 Å². The quantitative estimate of drug-likeness (QED) is 0.828. The zero-order valence-electron chi connectivity index (χ0n) is 12.7. The molecule has 0 radical (unpaired) electrons. The summed E-state index contributed by atoms with van der Waals surface area (Å²) in [5.41, 5.74) is 0.808. The van der Waals surface area contributed by atoms with E-state index in [1.54, 1.807) is 17.0 Å². The number of hydrogen-bond acceptors (Lipinski definition) is 3.